The smallest absolute Gasteiger partial charge is 0.125 e. The molecule has 2 heterocycles. The van der Waals surface area contributed by atoms with Crippen LogP contribution in [-0.2, 0) is 7.05 Å². The van der Waals surface area contributed by atoms with Gasteiger partial charge in [-0.3, -0.25) is 0 Å². The molecular formula is C11H11FN2. The zero-order valence-electron chi connectivity index (χ0n) is 7.92. The summed E-state index contributed by atoms with van der Waals surface area (Å²) in [5.41, 5.74) is 2.25. The second kappa shape index (κ2) is 2.58. The van der Waals surface area contributed by atoms with Gasteiger partial charge in [-0.15, -0.1) is 0 Å². The zero-order chi connectivity index (χ0) is 9.71. The Morgan fingerprint density at radius 2 is 2.29 bits per heavy atom. The number of rotatable bonds is 1. The van der Waals surface area contributed by atoms with Crippen molar-refractivity contribution in [3.8, 4) is 0 Å². The highest BCUT2D eigenvalue weighted by Gasteiger charge is 2.25. The van der Waals surface area contributed by atoms with E-state index in [-0.39, 0.29) is 5.82 Å². The zero-order valence-corrected chi connectivity index (χ0v) is 7.92. The molecule has 1 atom stereocenters. The Bertz CT molecular complexity index is 497. The Labute approximate surface area is 81.3 Å². The van der Waals surface area contributed by atoms with Gasteiger partial charge in [0.1, 0.15) is 5.82 Å². The summed E-state index contributed by atoms with van der Waals surface area (Å²) in [4.78, 5) is 0. The van der Waals surface area contributed by atoms with Gasteiger partial charge in [-0.2, -0.15) is 0 Å². The molecule has 0 bridgehead atoms. The standard InChI is InChI=1S/C11H11FN2/c1-14-6-9(10-5-13-10)8-3-2-7(12)4-11(8)14/h2-4,6,10,13H,5H2,1H3/t10-/m1/s1. The van der Waals surface area contributed by atoms with E-state index in [1.54, 1.807) is 6.07 Å². The van der Waals surface area contributed by atoms with Crippen molar-refractivity contribution in [2.75, 3.05) is 6.54 Å². The molecule has 3 heteroatoms. The van der Waals surface area contributed by atoms with Crippen molar-refractivity contribution >= 4 is 10.9 Å². The minimum atomic E-state index is -0.172. The summed E-state index contributed by atoms with van der Waals surface area (Å²) < 4.78 is 15.0. The number of hydrogen-bond acceptors (Lipinski definition) is 1. The summed E-state index contributed by atoms with van der Waals surface area (Å²) in [7, 11) is 1.95. The van der Waals surface area contributed by atoms with Crippen molar-refractivity contribution < 1.29 is 4.39 Å². The van der Waals surface area contributed by atoms with Gasteiger partial charge in [0.25, 0.3) is 0 Å². The summed E-state index contributed by atoms with van der Waals surface area (Å²) in [6.07, 6.45) is 2.08. The Balaban J connectivity index is 2.32. The lowest BCUT2D eigenvalue weighted by Gasteiger charge is -1.95. The van der Waals surface area contributed by atoms with Crippen molar-refractivity contribution in [1.82, 2.24) is 9.88 Å². The Hall–Kier alpha value is -1.35. The normalized spacial score (nSPS) is 20.3. The maximum atomic E-state index is 13.0. The molecule has 0 saturated carbocycles. The van der Waals surface area contributed by atoms with Crippen LogP contribution in [0.2, 0.25) is 0 Å². The van der Waals surface area contributed by atoms with E-state index >= 15 is 0 Å². The lowest BCUT2D eigenvalue weighted by atomic mass is 10.1. The molecule has 2 aromatic rings. The van der Waals surface area contributed by atoms with Gasteiger partial charge in [0.05, 0.1) is 5.52 Å². The van der Waals surface area contributed by atoms with Gasteiger partial charge in [-0.25, -0.2) is 4.39 Å². The fourth-order valence-electron chi connectivity index (χ4n) is 1.94. The average molecular weight is 190 g/mol. The number of nitrogens with one attached hydrogen (secondary N) is 1. The molecule has 1 aliphatic rings. The van der Waals surface area contributed by atoms with Crippen molar-refractivity contribution in [3.05, 3.63) is 35.8 Å². The molecule has 0 spiro atoms. The van der Waals surface area contributed by atoms with E-state index in [9.17, 15) is 4.39 Å². The Morgan fingerprint density at radius 3 is 3.00 bits per heavy atom. The van der Waals surface area contributed by atoms with Gasteiger partial charge in [0.2, 0.25) is 0 Å². The molecule has 1 saturated heterocycles. The molecular weight excluding hydrogens is 179 g/mol. The monoisotopic (exact) mass is 190 g/mol. The van der Waals surface area contributed by atoms with E-state index in [2.05, 4.69) is 11.5 Å². The summed E-state index contributed by atoms with van der Waals surface area (Å²) in [5.74, 6) is -0.172. The van der Waals surface area contributed by atoms with E-state index in [1.807, 2.05) is 17.7 Å². The summed E-state index contributed by atoms with van der Waals surface area (Å²) in [6, 6.07) is 5.44. The lowest BCUT2D eigenvalue weighted by molar-refractivity contribution is 0.629. The van der Waals surface area contributed by atoms with Crippen LogP contribution >= 0.6 is 0 Å². The first-order valence-corrected chi connectivity index (χ1v) is 4.73. The SMILES string of the molecule is Cn1cc([C@H]2CN2)c2ccc(F)cc21. The van der Waals surface area contributed by atoms with Gasteiger partial charge < -0.3 is 9.88 Å². The number of hydrogen-bond donors (Lipinski definition) is 1. The van der Waals surface area contributed by atoms with Crippen LogP contribution in [0.15, 0.2) is 24.4 Å². The Kier molecular flexibility index (Phi) is 1.47. The van der Waals surface area contributed by atoms with Gasteiger partial charge in [-0.1, -0.05) is 0 Å². The molecule has 14 heavy (non-hydrogen) atoms. The third-order valence-corrected chi connectivity index (χ3v) is 2.77. The minimum absolute atomic E-state index is 0.172. The van der Waals surface area contributed by atoms with Crippen LogP contribution in [0.1, 0.15) is 11.6 Å². The molecule has 0 amide bonds. The number of halogens is 1. The number of aryl methyl sites for hydroxylation is 1. The van der Waals surface area contributed by atoms with Gasteiger partial charge >= 0.3 is 0 Å². The van der Waals surface area contributed by atoms with Crippen LogP contribution in [-0.4, -0.2) is 11.1 Å². The van der Waals surface area contributed by atoms with Gasteiger partial charge in [0.15, 0.2) is 0 Å². The number of aromatic nitrogens is 1. The van der Waals surface area contributed by atoms with E-state index < -0.39 is 0 Å². The second-order valence-electron chi connectivity index (χ2n) is 3.82. The van der Waals surface area contributed by atoms with Gasteiger partial charge in [-0.05, 0) is 23.8 Å². The van der Waals surface area contributed by atoms with E-state index in [0.29, 0.717) is 6.04 Å². The Morgan fingerprint density at radius 1 is 1.50 bits per heavy atom. The number of nitrogens with zero attached hydrogens (tertiary/aromatic N) is 1. The molecule has 0 aliphatic carbocycles. The van der Waals surface area contributed by atoms with E-state index in [1.165, 1.54) is 11.6 Å². The van der Waals surface area contributed by atoms with Crippen molar-refractivity contribution in [2.45, 2.75) is 6.04 Å². The predicted octanol–water partition coefficient (Wildman–Crippen LogP) is 1.96. The highest BCUT2D eigenvalue weighted by Crippen LogP contribution is 2.30. The third-order valence-electron chi connectivity index (χ3n) is 2.77. The van der Waals surface area contributed by atoms with Crippen molar-refractivity contribution in [3.63, 3.8) is 0 Å². The average Bonchev–Trinajstić information content (AvgIpc) is 2.94. The molecule has 0 radical (unpaired) electrons. The first-order chi connectivity index (χ1) is 6.75. The van der Waals surface area contributed by atoms with Crippen LogP contribution in [0.4, 0.5) is 4.39 Å². The second-order valence-corrected chi connectivity index (χ2v) is 3.82. The van der Waals surface area contributed by atoms with E-state index in [4.69, 9.17) is 0 Å². The van der Waals surface area contributed by atoms with Crippen LogP contribution in [0.5, 0.6) is 0 Å². The molecule has 1 fully saturated rings. The first kappa shape index (κ1) is 8.00. The van der Waals surface area contributed by atoms with Crippen LogP contribution < -0.4 is 5.32 Å². The minimum Gasteiger partial charge on any atom is -0.350 e. The maximum Gasteiger partial charge on any atom is 0.125 e. The van der Waals surface area contributed by atoms with Crippen LogP contribution in [0.3, 0.4) is 0 Å². The molecule has 2 nitrogen and oxygen atoms in total. The molecule has 1 aromatic heterocycles. The summed E-state index contributed by atoms with van der Waals surface area (Å²) >= 11 is 0. The fraction of sp³-hybridized carbons (Fsp3) is 0.273. The highest BCUT2D eigenvalue weighted by molar-refractivity contribution is 5.84. The fourth-order valence-corrected chi connectivity index (χ4v) is 1.94. The lowest BCUT2D eigenvalue weighted by Crippen LogP contribution is -1.83. The molecule has 0 unspecified atom stereocenters. The number of benzene rings is 1. The summed E-state index contributed by atoms with van der Waals surface area (Å²) in [5, 5.41) is 4.42. The molecule has 3 rings (SSSR count). The molecule has 1 N–H and O–H groups in total. The topological polar surface area (TPSA) is 26.9 Å². The molecule has 72 valence electrons. The third kappa shape index (κ3) is 1.06. The largest absolute Gasteiger partial charge is 0.350 e. The van der Waals surface area contributed by atoms with Crippen molar-refractivity contribution in [1.29, 1.82) is 0 Å². The molecule has 1 aromatic carbocycles. The quantitative estimate of drug-likeness (QED) is 0.684. The van der Waals surface area contributed by atoms with Crippen molar-refractivity contribution in [2.24, 2.45) is 7.05 Å². The highest BCUT2D eigenvalue weighted by atomic mass is 19.1. The molecule has 1 aliphatic heterocycles. The number of fused-ring (bicyclic) bond motifs is 1. The maximum absolute atomic E-state index is 13.0. The van der Waals surface area contributed by atoms with Gasteiger partial charge in [0, 0.05) is 31.2 Å². The first-order valence-electron chi connectivity index (χ1n) is 4.73. The predicted molar refractivity (Wildman–Crippen MR) is 53.6 cm³/mol. The summed E-state index contributed by atoms with van der Waals surface area (Å²) in [6.45, 7) is 1.04. The van der Waals surface area contributed by atoms with Crippen LogP contribution in [0, 0.1) is 5.82 Å². The van der Waals surface area contributed by atoms with Crippen LogP contribution in [0.25, 0.3) is 10.9 Å². The van der Waals surface area contributed by atoms with E-state index in [0.717, 1.165) is 17.4 Å².